The number of ether oxygens (including phenoxy) is 1. The fourth-order valence-electron chi connectivity index (χ4n) is 2.79. The molecule has 176 valence electrons. The topological polar surface area (TPSA) is 179 Å². The molecule has 0 aliphatic heterocycles. The second-order valence-electron chi connectivity index (χ2n) is 6.94. The Morgan fingerprint density at radius 2 is 1.64 bits per heavy atom. The van der Waals surface area contributed by atoms with Crippen molar-refractivity contribution in [1.82, 2.24) is 10.0 Å². The lowest BCUT2D eigenvalue weighted by Crippen LogP contribution is -2.47. The van der Waals surface area contributed by atoms with Gasteiger partial charge in [0.05, 0.1) is 23.6 Å². The third-order valence-corrected chi connectivity index (χ3v) is 6.16. The number of nitrogens with two attached hydrogens (primary N) is 3. The molecule has 1 unspecified atom stereocenters. The molecule has 0 radical (unpaired) electrons. The summed E-state index contributed by atoms with van der Waals surface area (Å²) < 4.78 is 32.1. The van der Waals surface area contributed by atoms with E-state index in [1.165, 1.54) is 24.3 Å². The van der Waals surface area contributed by atoms with Crippen LogP contribution in [0.5, 0.6) is 0 Å². The molecule has 0 saturated heterocycles. The third kappa shape index (κ3) is 7.63. The Hall–Kier alpha value is -3.35. The Morgan fingerprint density at radius 3 is 2.15 bits per heavy atom. The van der Waals surface area contributed by atoms with Crippen LogP contribution in [0.3, 0.4) is 0 Å². The van der Waals surface area contributed by atoms with Gasteiger partial charge < -0.3 is 15.8 Å². The number of amidine groups is 1. The zero-order valence-corrected chi connectivity index (χ0v) is 19.5. The van der Waals surface area contributed by atoms with Crippen LogP contribution in [0.1, 0.15) is 23.6 Å². The van der Waals surface area contributed by atoms with E-state index < -0.39 is 34.5 Å². The van der Waals surface area contributed by atoms with Crippen LogP contribution in [0, 0.1) is 0 Å². The van der Waals surface area contributed by atoms with E-state index in [2.05, 4.69) is 10.0 Å². The van der Waals surface area contributed by atoms with E-state index in [4.69, 9.17) is 33.8 Å². The van der Waals surface area contributed by atoms with Gasteiger partial charge in [-0.05, 0) is 36.8 Å². The van der Waals surface area contributed by atoms with Gasteiger partial charge in [0, 0.05) is 12.0 Å². The Labute approximate surface area is 197 Å². The van der Waals surface area contributed by atoms with E-state index >= 15 is 0 Å². The summed E-state index contributed by atoms with van der Waals surface area (Å²) in [6, 6.07) is 11.4. The number of nitrogens with one attached hydrogen (secondary N) is 2. The van der Waals surface area contributed by atoms with Gasteiger partial charge in [-0.1, -0.05) is 36.5 Å². The van der Waals surface area contributed by atoms with Gasteiger partial charge in [-0.2, -0.15) is 0 Å². The Kier molecular flexibility index (Phi) is 9.02. The molecule has 0 aromatic heterocycles. The maximum absolute atomic E-state index is 12.4. The summed E-state index contributed by atoms with van der Waals surface area (Å²) >= 11 is 4.84. The summed E-state index contributed by atoms with van der Waals surface area (Å²) in [5.74, 6) is -1.19. The van der Waals surface area contributed by atoms with Crippen LogP contribution in [0.25, 0.3) is 0 Å². The van der Waals surface area contributed by atoms with Gasteiger partial charge in [-0.15, -0.1) is 0 Å². The number of benzene rings is 2. The maximum atomic E-state index is 12.4. The normalized spacial score (nSPS) is 11.9. The lowest BCUT2D eigenvalue weighted by atomic mass is 10.0. The molecule has 12 heteroatoms. The van der Waals surface area contributed by atoms with Crippen molar-refractivity contribution in [3.8, 4) is 0 Å². The summed E-state index contributed by atoms with van der Waals surface area (Å²) in [5.41, 5.74) is 12.9. The molecule has 2 rings (SSSR count). The van der Waals surface area contributed by atoms with Crippen LogP contribution in [0.15, 0.2) is 53.4 Å². The largest absolute Gasteiger partial charge is 0.464 e. The molecule has 10 nitrogen and oxygen atoms in total. The summed E-state index contributed by atoms with van der Waals surface area (Å²) in [4.78, 5) is 24.8. The lowest BCUT2D eigenvalue weighted by molar-refractivity contribution is -0.147. The molecule has 1 amide bonds. The van der Waals surface area contributed by atoms with E-state index in [9.17, 15) is 18.0 Å². The highest BCUT2D eigenvalue weighted by Gasteiger charge is 2.24. The quantitative estimate of drug-likeness (QED) is 0.107. The Morgan fingerprint density at radius 1 is 1.06 bits per heavy atom. The van der Waals surface area contributed by atoms with Crippen molar-refractivity contribution >= 4 is 44.9 Å². The van der Waals surface area contributed by atoms with Gasteiger partial charge in [0.2, 0.25) is 15.9 Å². The van der Waals surface area contributed by atoms with Gasteiger partial charge in [0.15, 0.2) is 0 Å². The second-order valence-corrected chi connectivity index (χ2v) is 9.15. The van der Waals surface area contributed by atoms with Gasteiger partial charge >= 0.3 is 5.97 Å². The number of rotatable bonds is 11. The molecule has 33 heavy (non-hydrogen) atoms. The van der Waals surface area contributed by atoms with Gasteiger partial charge in [0.1, 0.15) is 11.0 Å². The minimum atomic E-state index is -3.97. The number of hydrogen-bond acceptors (Lipinski definition) is 6. The van der Waals surface area contributed by atoms with Crippen LogP contribution >= 0.6 is 12.2 Å². The predicted molar refractivity (Wildman–Crippen MR) is 126 cm³/mol. The highest BCUT2D eigenvalue weighted by atomic mass is 32.2. The zero-order valence-electron chi connectivity index (χ0n) is 17.9. The maximum Gasteiger partial charge on any atom is 0.328 e. The molecular formula is C21H26N5O5S2+. The number of carbonyl (C=O) groups is 2. The van der Waals surface area contributed by atoms with Crippen LogP contribution in [0.2, 0.25) is 0 Å². The number of amides is 1. The van der Waals surface area contributed by atoms with E-state index in [-0.39, 0.29) is 28.7 Å². The molecule has 8 N–H and O–H groups in total. The number of hydrogen-bond donors (Lipinski definition) is 5. The molecule has 0 aliphatic carbocycles. The minimum Gasteiger partial charge on any atom is -0.464 e. The lowest BCUT2D eigenvalue weighted by Gasteiger charge is -2.18. The first kappa shape index (κ1) is 25.9. The van der Waals surface area contributed by atoms with Gasteiger partial charge in [0.25, 0.3) is 5.84 Å². The molecule has 1 atom stereocenters. The summed E-state index contributed by atoms with van der Waals surface area (Å²) in [6.45, 7) is 1.19. The smallest absolute Gasteiger partial charge is 0.328 e. The molecule has 0 saturated carbocycles. The SMILES string of the molecule is CCOC(=O)C(Cc1ccc(C(N)=[NH2+])cc1)NC(=O)CNS(=O)(=O)c1ccc(C(N)=S)cc1. The highest BCUT2D eigenvalue weighted by molar-refractivity contribution is 7.89. The van der Waals surface area contributed by atoms with Crippen molar-refractivity contribution < 1.29 is 28.2 Å². The van der Waals surface area contributed by atoms with Gasteiger partial charge in [-0.3, -0.25) is 15.9 Å². The standard InChI is InChI=1S/C21H25N5O5S2/c1-2-31-21(28)17(11-13-3-5-14(6-4-13)19(22)23)26-18(27)12-25-33(29,30)16-9-7-15(8-10-16)20(24)32/h3-10,17,25H,2,11-12H2,1H3,(H3,22,23)(H2,24,32)(H,26,27)/p+1. The van der Waals surface area contributed by atoms with E-state index in [1.807, 2.05) is 0 Å². The number of esters is 1. The van der Waals surface area contributed by atoms with Crippen LogP contribution in [-0.4, -0.2) is 50.3 Å². The molecule has 0 spiro atoms. The molecule has 2 aromatic rings. The van der Waals surface area contributed by atoms with E-state index in [1.54, 1.807) is 31.2 Å². The van der Waals surface area contributed by atoms with E-state index in [0.717, 1.165) is 5.56 Å². The molecule has 2 aromatic carbocycles. The number of carbonyl (C=O) groups excluding carboxylic acids is 2. The average molecular weight is 493 g/mol. The van der Waals surface area contributed by atoms with Gasteiger partial charge in [-0.25, -0.2) is 17.9 Å². The van der Waals surface area contributed by atoms with Crippen molar-refractivity contribution in [2.75, 3.05) is 13.2 Å². The highest BCUT2D eigenvalue weighted by Crippen LogP contribution is 2.11. The van der Waals surface area contributed by atoms with Crippen molar-refractivity contribution in [3.05, 3.63) is 65.2 Å². The molecule has 0 fully saturated rings. The second kappa shape index (κ2) is 11.5. The number of thiocarbonyl (C=S) groups is 1. The monoisotopic (exact) mass is 492 g/mol. The first-order chi connectivity index (χ1) is 15.5. The predicted octanol–water partition coefficient (Wildman–Crippen LogP) is -1.65. The van der Waals surface area contributed by atoms with Crippen LogP contribution < -0.4 is 26.9 Å². The first-order valence-corrected chi connectivity index (χ1v) is 11.8. The fraction of sp³-hybridized carbons (Fsp3) is 0.238. The van der Waals surface area contributed by atoms with Crippen molar-refractivity contribution in [2.24, 2.45) is 11.5 Å². The molecule has 0 bridgehead atoms. The molecular weight excluding hydrogens is 466 g/mol. The van der Waals surface area contributed by atoms with Crippen molar-refractivity contribution in [2.45, 2.75) is 24.3 Å². The molecule has 0 aliphatic rings. The average Bonchev–Trinajstić information content (AvgIpc) is 2.78. The fourth-order valence-corrected chi connectivity index (χ4v) is 3.91. The van der Waals surface area contributed by atoms with Crippen molar-refractivity contribution in [3.63, 3.8) is 0 Å². The Balaban J connectivity index is 2.05. The molecule has 0 heterocycles. The van der Waals surface area contributed by atoms with Crippen molar-refractivity contribution in [1.29, 1.82) is 0 Å². The summed E-state index contributed by atoms with van der Waals surface area (Å²) in [5, 5.41) is 8.05. The van der Waals surface area contributed by atoms with E-state index in [0.29, 0.717) is 11.1 Å². The first-order valence-electron chi connectivity index (χ1n) is 9.86. The summed E-state index contributed by atoms with van der Waals surface area (Å²) in [6.07, 6.45) is 0.128. The van der Waals surface area contributed by atoms with Crippen LogP contribution in [-0.2, 0) is 30.8 Å². The third-order valence-electron chi connectivity index (χ3n) is 4.51. The summed E-state index contributed by atoms with van der Waals surface area (Å²) in [7, 11) is -3.97. The number of sulfonamides is 1. The minimum absolute atomic E-state index is 0.0617. The zero-order chi connectivity index (χ0) is 24.6. The Bertz CT molecular complexity index is 1130. The van der Waals surface area contributed by atoms with Crippen LogP contribution in [0.4, 0.5) is 0 Å².